The summed E-state index contributed by atoms with van der Waals surface area (Å²) in [6, 6.07) is 8.46. The lowest BCUT2D eigenvalue weighted by Gasteiger charge is -2.32. The van der Waals surface area contributed by atoms with Gasteiger partial charge in [0, 0.05) is 35.8 Å². The molecule has 122 valence electrons. The Balaban J connectivity index is 1.76. The maximum absolute atomic E-state index is 12.2. The zero-order valence-electron chi connectivity index (χ0n) is 14.0. The molecule has 0 radical (unpaired) electrons. The lowest BCUT2D eigenvalue weighted by molar-refractivity contribution is -0.126. The topological polar surface area (TPSA) is 58.1 Å². The van der Waals surface area contributed by atoms with Crippen molar-refractivity contribution in [3.63, 3.8) is 0 Å². The number of aromatic nitrogens is 2. The van der Waals surface area contributed by atoms with Crippen molar-refractivity contribution in [1.29, 1.82) is 0 Å². The normalized spacial score (nSPS) is 16.1. The molecule has 0 unspecified atom stereocenters. The molecule has 5 heteroatoms. The van der Waals surface area contributed by atoms with Crippen LogP contribution in [0.3, 0.4) is 0 Å². The summed E-state index contributed by atoms with van der Waals surface area (Å²) in [5.74, 6) is 1.23. The van der Waals surface area contributed by atoms with E-state index in [0.717, 1.165) is 48.2 Å². The molecule has 1 aromatic carbocycles. The maximum atomic E-state index is 12.2. The number of hydrogen-bond acceptors (Lipinski definition) is 4. The third-order valence-corrected chi connectivity index (χ3v) is 4.45. The van der Waals surface area contributed by atoms with E-state index in [4.69, 9.17) is 0 Å². The molecule has 0 saturated carbocycles. The first-order chi connectivity index (χ1) is 11.1. The summed E-state index contributed by atoms with van der Waals surface area (Å²) in [4.78, 5) is 14.4. The van der Waals surface area contributed by atoms with Gasteiger partial charge in [-0.15, -0.1) is 5.10 Å². The molecule has 5 nitrogen and oxygen atoms in total. The predicted octanol–water partition coefficient (Wildman–Crippen LogP) is 2.68. The summed E-state index contributed by atoms with van der Waals surface area (Å²) in [5.41, 5.74) is 0.954. The van der Waals surface area contributed by atoms with E-state index in [1.54, 1.807) is 0 Å². The smallest absolute Gasteiger partial charge is 0.223 e. The predicted molar refractivity (Wildman–Crippen MR) is 92.5 cm³/mol. The second-order valence-electron chi connectivity index (χ2n) is 6.58. The van der Waals surface area contributed by atoms with Crippen molar-refractivity contribution in [2.75, 3.05) is 18.0 Å². The van der Waals surface area contributed by atoms with Crippen LogP contribution in [0.1, 0.15) is 32.4 Å². The number of nitrogens with one attached hydrogen (secondary N) is 1. The highest BCUT2D eigenvalue weighted by atomic mass is 16.1. The third-order valence-electron chi connectivity index (χ3n) is 4.45. The lowest BCUT2D eigenvalue weighted by atomic mass is 9.95. The van der Waals surface area contributed by atoms with Crippen LogP contribution < -0.4 is 10.2 Å². The summed E-state index contributed by atoms with van der Waals surface area (Å²) in [6.45, 7) is 7.68. The van der Waals surface area contributed by atoms with Gasteiger partial charge in [-0.05, 0) is 33.6 Å². The van der Waals surface area contributed by atoms with Crippen molar-refractivity contribution in [3.05, 3.63) is 30.0 Å². The summed E-state index contributed by atoms with van der Waals surface area (Å²) >= 11 is 0. The fourth-order valence-electron chi connectivity index (χ4n) is 3.21. The van der Waals surface area contributed by atoms with Gasteiger partial charge >= 0.3 is 0 Å². The van der Waals surface area contributed by atoms with Crippen LogP contribution in [0.2, 0.25) is 0 Å². The zero-order valence-corrected chi connectivity index (χ0v) is 14.0. The molecule has 1 amide bonds. The molecule has 0 aliphatic carbocycles. The highest BCUT2D eigenvalue weighted by Crippen LogP contribution is 2.29. The van der Waals surface area contributed by atoms with Crippen molar-refractivity contribution in [1.82, 2.24) is 15.5 Å². The molecular weight excluding hydrogens is 288 g/mol. The molecule has 2 heterocycles. The van der Waals surface area contributed by atoms with E-state index in [2.05, 4.69) is 32.5 Å². The summed E-state index contributed by atoms with van der Waals surface area (Å²) < 4.78 is 0. The minimum absolute atomic E-state index is 0.110. The number of carbonyl (C=O) groups is 1. The first-order valence-corrected chi connectivity index (χ1v) is 8.33. The van der Waals surface area contributed by atoms with Gasteiger partial charge in [-0.2, -0.15) is 5.10 Å². The molecule has 2 aromatic rings. The van der Waals surface area contributed by atoms with Crippen LogP contribution in [0.25, 0.3) is 10.8 Å². The van der Waals surface area contributed by atoms with Crippen LogP contribution in [0.15, 0.2) is 24.3 Å². The van der Waals surface area contributed by atoms with Gasteiger partial charge in [0.2, 0.25) is 5.91 Å². The van der Waals surface area contributed by atoms with Gasteiger partial charge in [0.25, 0.3) is 0 Å². The molecule has 1 aromatic heterocycles. The van der Waals surface area contributed by atoms with E-state index in [0.29, 0.717) is 0 Å². The van der Waals surface area contributed by atoms with Crippen molar-refractivity contribution in [2.45, 2.75) is 39.7 Å². The van der Waals surface area contributed by atoms with Gasteiger partial charge < -0.3 is 10.2 Å². The second kappa shape index (κ2) is 6.52. The number of carbonyl (C=O) groups excluding carboxylic acids is 1. The Morgan fingerprint density at radius 3 is 2.48 bits per heavy atom. The van der Waals surface area contributed by atoms with E-state index < -0.39 is 0 Å². The lowest BCUT2D eigenvalue weighted by Crippen LogP contribution is -2.42. The highest BCUT2D eigenvalue weighted by Gasteiger charge is 2.26. The molecule has 0 atom stereocenters. The summed E-state index contributed by atoms with van der Waals surface area (Å²) in [7, 11) is 0. The van der Waals surface area contributed by atoms with Gasteiger partial charge in [0.1, 0.15) is 0 Å². The van der Waals surface area contributed by atoms with Crippen LogP contribution in [0, 0.1) is 12.8 Å². The average molecular weight is 312 g/mol. The minimum atomic E-state index is 0.110. The molecule has 0 bridgehead atoms. The third kappa shape index (κ3) is 3.28. The number of nitrogens with zero attached hydrogens (tertiary/aromatic N) is 3. The minimum Gasteiger partial charge on any atom is -0.355 e. The van der Waals surface area contributed by atoms with Gasteiger partial charge in [-0.25, -0.2) is 0 Å². The Morgan fingerprint density at radius 2 is 1.83 bits per heavy atom. The number of benzene rings is 1. The molecular formula is C18H24N4O. The van der Waals surface area contributed by atoms with E-state index in [1.807, 2.05) is 32.9 Å². The van der Waals surface area contributed by atoms with Gasteiger partial charge in [0.05, 0.1) is 5.69 Å². The molecule has 1 aliphatic heterocycles. The van der Waals surface area contributed by atoms with Gasteiger partial charge in [-0.1, -0.05) is 24.3 Å². The standard InChI is InChI=1S/C18H24N4O/c1-12(2)19-18(23)14-8-10-22(11-9-14)17-16-7-5-4-6-15(16)13(3)20-21-17/h4-7,12,14H,8-11H2,1-3H3,(H,19,23). The number of rotatable bonds is 3. The summed E-state index contributed by atoms with van der Waals surface area (Å²) in [5, 5.41) is 14.0. The largest absolute Gasteiger partial charge is 0.355 e. The van der Waals surface area contributed by atoms with Crippen molar-refractivity contribution in [3.8, 4) is 0 Å². The number of aryl methyl sites for hydroxylation is 1. The summed E-state index contributed by atoms with van der Waals surface area (Å²) in [6.07, 6.45) is 1.73. The Kier molecular flexibility index (Phi) is 4.46. The van der Waals surface area contributed by atoms with E-state index in [-0.39, 0.29) is 17.9 Å². The second-order valence-corrected chi connectivity index (χ2v) is 6.58. The van der Waals surface area contributed by atoms with Crippen molar-refractivity contribution in [2.24, 2.45) is 5.92 Å². The van der Waals surface area contributed by atoms with Crippen LogP contribution in [-0.2, 0) is 4.79 Å². The monoisotopic (exact) mass is 312 g/mol. The van der Waals surface area contributed by atoms with Crippen LogP contribution >= 0.6 is 0 Å². The van der Waals surface area contributed by atoms with Crippen LogP contribution in [-0.4, -0.2) is 35.2 Å². The molecule has 23 heavy (non-hydrogen) atoms. The Bertz CT molecular complexity index is 705. The number of hydrogen-bond donors (Lipinski definition) is 1. The molecule has 1 saturated heterocycles. The zero-order chi connectivity index (χ0) is 16.4. The SMILES string of the molecule is Cc1nnc(N2CCC(C(=O)NC(C)C)CC2)c2ccccc12. The average Bonchev–Trinajstić information content (AvgIpc) is 2.55. The quantitative estimate of drug-likeness (QED) is 0.946. The fourth-order valence-corrected chi connectivity index (χ4v) is 3.21. The Hall–Kier alpha value is -2.17. The highest BCUT2D eigenvalue weighted by molar-refractivity contribution is 5.93. The molecule has 3 rings (SSSR count). The number of anilines is 1. The Morgan fingerprint density at radius 1 is 1.17 bits per heavy atom. The van der Waals surface area contributed by atoms with E-state index in [9.17, 15) is 4.79 Å². The number of amides is 1. The van der Waals surface area contributed by atoms with E-state index >= 15 is 0 Å². The number of fused-ring (bicyclic) bond motifs is 1. The maximum Gasteiger partial charge on any atom is 0.223 e. The van der Waals surface area contributed by atoms with Crippen molar-refractivity contribution < 1.29 is 4.79 Å². The first-order valence-electron chi connectivity index (χ1n) is 8.33. The fraction of sp³-hybridized carbons (Fsp3) is 0.500. The van der Waals surface area contributed by atoms with E-state index in [1.165, 1.54) is 0 Å². The molecule has 0 spiro atoms. The number of piperidine rings is 1. The Labute approximate surface area is 137 Å². The van der Waals surface area contributed by atoms with Crippen LogP contribution in [0.5, 0.6) is 0 Å². The molecule has 1 fully saturated rings. The molecule has 1 N–H and O–H groups in total. The van der Waals surface area contributed by atoms with Gasteiger partial charge in [0.15, 0.2) is 5.82 Å². The van der Waals surface area contributed by atoms with Gasteiger partial charge in [-0.3, -0.25) is 4.79 Å². The first kappa shape index (κ1) is 15.7. The molecule has 1 aliphatic rings. The van der Waals surface area contributed by atoms with Crippen molar-refractivity contribution >= 4 is 22.5 Å². The van der Waals surface area contributed by atoms with Crippen LogP contribution in [0.4, 0.5) is 5.82 Å².